The first-order chi connectivity index (χ1) is 33.7. The van der Waals surface area contributed by atoms with Gasteiger partial charge in [-0.05, 0) is 104 Å². The minimum Gasteiger partial charge on any atom is -0.396 e. The smallest absolute Gasteiger partial charge is 0.187 e. The molecule has 0 aromatic rings. The van der Waals surface area contributed by atoms with Gasteiger partial charge in [0.1, 0.15) is 79.4 Å². The fourth-order valence-electron chi connectivity index (χ4n) is 16.0. The van der Waals surface area contributed by atoms with E-state index in [1.807, 2.05) is 6.92 Å². The molecule has 0 aromatic heterocycles. The summed E-state index contributed by atoms with van der Waals surface area (Å²) < 4.78 is 49.1. The third-order valence-electron chi connectivity index (χ3n) is 20.9. The summed E-state index contributed by atoms with van der Waals surface area (Å²) in [6.07, 6.45) is -20.4. The van der Waals surface area contributed by atoms with E-state index in [2.05, 4.69) is 47.6 Å². The SMILES string of the molecule is C[C@H]1O[C@H](O[C@H]2[C@H](O[C@H]3[C@H](O[C@H]4CC[C@@]5(C)[C@@H](CC[C@]6(C)[C@@H]5CC=C5[C@@H]7CC(C)(C)C[C@@H](O)[C@]7(C)CC[C@]56C)[C@@]4(C)CO)OC[C@H](O)[C@@H]3O)O[C@H](CO)[C@H](O)[C@@H]2O[C@@H]2OC[C@H](O)[C@H](O)[C@H]2O)[C@@H](O)[C@@H](O)[C@@H]1O. The largest absolute Gasteiger partial charge is 0.396 e. The fraction of sp³-hybridized carbons (Fsp3) is 0.962. The molecule has 9 aliphatic rings. The molecule has 5 aliphatic carbocycles. The van der Waals surface area contributed by atoms with Gasteiger partial charge in [-0.1, -0.05) is 60.1 Å². The molecule has 8 fully saturated rings. The van der Waals surface area contributed by atoms with Crippen molar-refractivity contribution in [1.29, 1.82) is 0 Å². The summed E-state index contributed by atoms with van der Waals surface area (Å²) in [6, 6.07) is 0. The molecule has 414 valence electrons. The molecule has 4 aliphatic heterocycles. The monoisotopic (exact) mass is 1030 g/mol. The van der Waals surface area contributed by atoms with Crippen molar-refractivity contribution >= 4 is 0 Å². The number of allylic oxidation sites excluding steroid dienone is 2. The molecule has 20 nitrogen and oxygen atoms in total. The lowest BCUT2D eigenvalue weighted by atomic mass is 9.33. The third kappa shape index (κ3) is 8.91. The van der Waals surface area contributed by atoms with Crippen LogP contribution in [0.4, 0.5) is 0 Å². The van der Waals surface area contributed by atoms with Crippen LogP contribution < -0.4 is 0 Å². The van der Waals surface area contributed by atoms with Gasteiger partial charge in [-0.25, -0.2) is 0 Å². The first-order valence-corrected chi connectivity index (χ1v) is 26.6. The van der Waals surface area contributed by atoms with Crippen molar-refractivity contribution in [1.82, 2.24) is 0 Å². The maximum atomic E-state index is 11.8. The molecule has 0 bridgehead atoms. The number of fused-ring (bicyclic) bond motifs is 7. The number of aliphatic hydroxyl groups excluding tert-OH is 12. The molecule has 72 heavy (non-hydrogen) atoms. The highest BCUT2D eigenvalue weighted by Gasteiger charge is 2.70. The molecule has 0 spiro atoms. The maximum absolute atomic E-state index is 11.8. The lowest BCUT2D eigenvalue weighted by Gasteiger charge is -2.72. The summed E-state index contributed by atoms with van der Waals surface area (Å²) in [7, 11) is 0. The summed E-state index contributed by atoms with van der Waals surface area (Å²) in [5, 5.41) is 132. The van der Waals surface area contributed by atoms with E-state index in [9.17, 15) is 61.3 Å². The molecule has 4 saturated heterocycles. The van der Waals surface area contributed by atoms with Gasteiger partial charge in [0.2, 0.25) is 0 Å². The predicted molar refractivity (Wildman–Crippen MR) is 251 cm³/mol. The normalized spacial score (nSPS) is 56.7. The van der Waals surface area contributed by atoms with E-state index in [0.717, 1.165) is 51.4 Å². The number of hydrogen-bond donors (Lipinski definition) is 12. The standard InChI is InChI=1S/C52H86O20/c1-23-33(58)37(62)39(64)44(67-23)72-42-40(70-43-38(63)34(59)26(55)20-65-43)36(61)28(19-53)68-46(42)71-41-35(60)27(56)21-66-45(41)69-32-12-13-49(5)29(50(32,6)22-54)11-14-52(8)30(49)10-9-24-25-17-47(2,3)18-31(57)48(25,4)15-16-51(24,52)7/h9,23,25-46,53-64H,10-22H2,1-8H3/t23-,25+,26+,27+,28-,29-,30-,31-,32+,33-,34+,35+,36+,37+,38-,39+,40+,41-,42-,43+,44-,45+,46+,48-,49+,50-,51-,52-/m1/s1. The Morgan fingerprint density at radius 1 is 0.569 bits per heavy atom. The lowest BCUT2D eigenvalue weighted by Crippen LogP contribution is -2.68. The van der Waals surface area contributed by atoms with Gasteiger partial charge in [0.15, 0.2) is 25.2 Å². The van der Waals surface area contributed by atoms with Crippen LogP contribution in [0.2, 0.25) is 0 Å². The Kier molecular flexibility index (Phi) is 15.5. The van der Waals surface area contributed by atoms with E-state index in [0.29, 0.717) is 12.3 Å². The van der Waals surface area contributed by atoms with Gasteiger partial charge < -0.3 is 99.2 Å². The summed E-state index contributed by atoms with van der Waals surface area (Å²) in [5.74, 6) is 0.573. The lowest BCUT2D eigenvalue weighted by molar-refractivity contribution is -0.405. The number of ether oxygens (including phenoxy) is 8. The van der Waals surface area contributed by atoms with Crippen LogP contribution >= 0.6 is 0 Å². The minimum absolute atomic E-state index is 0.00697. The van der Waals surface area contributed by atoms with Gasteiger partial charge >= 0.3 is 0 Å². The van der Waals surface area contributed by atoms with Crippen molar-refractivity contribution < 1.29 is 99.2 Å². The summed E-state index contributed by atoms with van der Waals surface area (Å²) in [4.78, 5) is 0. The Morgan fingerprint density at radius 2 is 1.21 bits per heavy atom. The van der Waals surface area contributed by atoms with E-state index >= 15 is 0 Å². The van der Waals surface area contributed by atoms with Gasteiger partial charge in [0.05, 0.1) is 44.7 Å². The van der Waals surface area contributed by atoms with Gasteiger partial charge in [-0.3, -0.25) is 0 Å². The zero-order valence-electron chi connectivity index (χ0n) is 43.2. The second-order valence-electron chi connectivity index (χ2n) is 25.5. The summed E-state index contributed by atoms with van der Waals surface area (Å²) >= 11 is 0. The molecule has 0 radical (unpaired) electrons. The Labute approximate surface area is 422 Å². The van der Waals surface area contributed by atoms with Crippen LogP contribution in [-0.2, 0) is 37.9 Å². The van der Waals surface area contributed by atoms with Crippen LogP contribution in [0.15, 0.2) is 11.6 Å². The molecular formula is C52H86O20. The van der Waals surface area contributed by atoms with Crippen molar-refractivity contribution in [2.24, 2.45) is 50.2 Å². The van der Waals surface area contributed by atoms with Crippen LogP contribution in [0.3, 0.4) is 0 Å². The van der Waals surface area contributed by atoms with Crippen molar-refractivity contribution in [2.45, 2.75) is 236 Å². The minimum atomic E-state index is -1.89. The molecule has 0 aromatic carbocycles. The van der Waals surface area contributed by atoms with Crippen molar-refractivity contribution in [3.8, 4) is 0 Å². The van der Waals surface area contributed by atoms with Crippen LogP contribution in [0, 0.1) is 50.2 Å². The maximum Gasteiger partial charge on any atom is 0.187 e. The van der Waals surface area contributed by atoms with E-state index in [-0.39, 0.29) is 58.2 Å². The van der Waals surface area contributed by atoms with Gasteiger partial charge in [-0.2, -0.15) is 0 Å². The fourth-order valence-corrected chi connectivity index (χ4v) is 16.0. The predicted octanol–water partition coefficient (Wildman–Crippen LogP) is -0.285. The number of aliphatic hydroxyl groups is 12. The zero-order chi connectivity index (χ0) is 52.4. The van der Waals surface area contributed by atoms with E-state index in [1.54, 1.807) is 0 Å². The second-order valence-corrected chi connectivity index (χ2v) is 25.5. The summed E-state index contributed by atoms with van der Waals surface area (Å²) in [6.45, 7) is 15.8. The Balaban J connectivity index is 0.991. The van der Waals surface area contributed by atoms with E-state index < -0.39 is 135 Å². The molecule has 9 rings (SSSR count). The molecule has 4 saturated carbocycles. The third-order valence-corrected chi connectivity index (χ3v) is 20.9. The quantitative estimate of drug-likeness (QED) is 0.0989. The molecular weight excluding hydrogens is 945 g/mol. The van der Waals surface area contributed by atoms with Crippen molar-refractivity contribution in [2.75, 3.05) is 26.4 Å². The molecule has 0 unspecified atom stereocenters. The van der Waals surface area contributed by atoms with Crippen LogP contribution in [-0.4, -0.2) is 211 Å². The highest BCUT2D eigenvalue weighted by atomic mass is 16.8. The first kappa shape index (κ1) is 55.7. The van der Waals surface area contributed by atoms with Crippen molar-refractivity contribution in [3.63, 3.8) is 0 Å². The average molecular weight is 1030 g/mol. The Bertz CT molecular complexity index is 1950. The molecule has 28 atom stereocenters. The summed E-state index contributed by atoms with van der Waals surface area (Å²) in [5.41, 5.74) is 0.206. The number of hydrogen-bond acceptors (Lipinski definition) is 20. The number of rotatable bonds is 10. The van der Waals surface area contributed by atoms with Crippen LogP contribution in [0.25, 0.3) is 0 Å². The van der Waals surface area contributed by atoms with Gasteiger partial charge in [-0.15, -0.1) is 0 Å². The molecule has 20 heteroatoms. The van der Waals surface area contributed by atoms with E-state index in [1.165, 1.54) is 12.5 Å². The van der Waals surface area contributed by atoms with E-state index in [4.69, 9.17) is 37.9 Å². The Morgan fingerprint density at radius 3 is 1.89 bits per heavy atom. The highest BCUT2D eigenvalue weighted by Crippen LogP contribution is 2.76. The van der Waals surface area contributed by atoms with Gasteiger partial charge in [0, 0.05) is 10.8 Å². The zero-order valence-corrected chi connectivity index (χ0v) is 43.2. The molecule has 12 N–H and O–H groups in total. The molecule has 4 heterocycles. The van der Waals surface area contributed by atoms with Crippen molar-refractivity contribution in [3.05, 3.63) is 11.6 Å². The average Bonchev–Trinajstić information content (AvgIpc) is 3.33. The topological polar surface area (TPSA) is 317 Å². The molecule has 0 amide bonds. The van der Waals surface area contributed by atoms with Crippen LogP contribution in [0.1, 0.15) is 113 Å². The second kappa shape index (κ2) is 20.0. The van der Waals surface area contributed by atoms with Gasteiger partial charge in [0.25, 0.3) is 0 Å². The van der Waals surface area contributed by atoms with Crippen LogP contribution in [0.5, 0.6) is 0 Å². The highest BCUT2D eigenvalue weighted by molar-refractivity contribution is 5.34. The first-order valence-electron chi connectivity index (χ1n) is 26.6. The Hall–Kier alpha value is -1.06.